The van der Waals surface area contributed by atoms with Crippen molar-refractivity contribution in [2.75, 3.05) is 30.8 Å². The fraction of sp³-hybridized carbons (Fsp3) is 0.267. The van der Waals surface area contributed by atoms with Gasteiger partial charge in [0.2, 0.25) is 5.91 Å². The quantitative estimate of drug-likeness (QED) is 0.0749. The molecule has 10 heteroatoms. The molecule has 55 heavy (non-hydrogen) atoms. The van der Waals surface area contributed by atoms with Crippen LogP contribution in [0.3, 0.4) is 0 Å². The van der Waals surface area contributed by atoms with Gasteiger partial charge < -0.3 is 31.1 Å². The molecular formula is C45H49N5O5. The van der Waals surface area contributed by atoms with Crippen LogP contribution in [0, 0.1) is 0 Å². The maximum absolute atomic E-state index is 14.2. The van der Waals surface area contributed by atoms with Crippen molar-refractivity contribution in [1.29, 1.82) is 0 Å². The van der Waals surface area contributed by atoms with Crippen LogP contribution in [0.25, 0.3) is 0 Å². The van der Waals surface area contributed by atoms with E-state index in [1.807, 2.05) is 140 Å². The number of likely N-dealkylation sites (N-methyl/N-ethyl adjacent to an activating group) is 1. The van der Waals surface area contributed by atoms with E-state index in [2.05, 4.69) is 21.3 Å². The van der Waals surface area contributed by atoms with Gasteiger partial charge in [0.05, 0.1) is 12.7 Å². The SMILES string of the molecule is CN(C(=O)O)[C@H](C(=O)Nc1ccccc1CC[C@@H]1CN[C@H](CCc2ccccc2NC(=O)NCc2ccccc2)CO1)C(c1ccccc1)c1ccccc1. The Morgan fingerprint density at radius 3 is 1.82 bits per heavy atom. The van der Waals surface area contributed by atoms with E-state index in [1.54, 1.807) is 0 Å². The number of carbonyl (C=O) groups is 3. The molecule has 4 amide bonds. The molecule has 5 N–H and O–H groups in total. The van der Waals surface area contributed by atoms with Crippen molar-refractivity contribution in [2.24, 2.45) is 0 Å². The number of carbonyl (C=O) groups excluding carboxylic acids is 2. The number of nitrogens with one attached hydrogen (secondary N) is 4. The molecule has 10 nitrogen and oxygen atoms in total. The summed E-state index contributed by atoms with van der Waals surface area (Å²) in [6.07, 6.45) is 1.85. The molecule has 0 spiro atoms. The molecule has 0 unspecified atom stereocenters. The summed E-state index contributed by atoms with van der Waals surface area (Å²) in [6, 6.07) is 43.4. The Labute approximate surface area is 322 Å². The maximum atomic E-state index is 14.2. The summed E-state index contributed by atoms with van der Waals surface area (Å²) < 4.78 is 6.31. The van der Waals surface area contributed by atoms with Crippen LogP contribution in [0.5, 0.6) is 0 Å². The van der Waals surface area contributed by atoms with Crippen molar-refractivity contribution < 1.29 is 24.2 Å². The highest BCUT2D eigenvalue weighted by molar-refractivity contribution is 5.98. The van der Waals surface area contributed by atoms with Crippen molar-refractivity contribution in [3.63, 3.8) is 0 Å². The van der Waals surface area contributed by atoms with Crippen LogP contribution < -0.4 is 21.3 Å². The number of urea groups is 1. The Morgan fingerprint density at radius 2 is 1.25 bits per heavy atom. The molecule has 6 rings (SSSR count). The minimum atomic E-state index is -1.19. The van der Waals surface area contributed by atoms with Crippen LogP contribution in [-0.4, -0.2) is 66.4 Å². The number of amides is 4. The van der Waals surface area contributed by atoms with Gasteiger partial charge in [0.15, 0.2) is 0 Å². The van der Waals surface area contributed by atoms with E-state index >= 15 is 0 Å². The smallest absolute Gasteiger partial charge is 0.407 e. The first kappa shape index (κ1) is 38.7. The minimum Gasteiger partial charge on any atom is -0.465 e. The molecule has 0 radical (unpaired) electrons. The van der Waals surface area contributed by atoms with Gasteiger partial charge in [0.1, 0.15) is 6.04 Å². The first-order chi connectivity index (χ1) is 26.9. The lowest BCUT2D eigenvalue weighted by molar-refractivity contribution is -0.120. The predicted octanol–water partition coefficient (Wildman–Crippen LogP) is 7.68. The van der Waals surface area contributed by atoms with E-state index in [1.165, 1.54) is 7.05 Å². The number of anilines is 2. The van der Waals surface area contributed by atoms with Crippen molar-refractivity contribution >= 4 is 29.4 Å². The molecule has 1 aliphatic heterocycles. The summed E-state index contributed by atoms with van der Waals surface area (Å²) in [5, 5.41) is 22.8. The fourth-order valence-electron chi connectivity index (χ4n) is 7.10. The standard InChI is InChI=1S/C45H49N5O5/c1-50(45(53)54)42(41(35-19-7-3-8-20-35)36-21-9-4-10-22-36)43(51)48-39-23-13-11-18-34(39)26-28-38-30-46-37(31-55-38)27-25-33-17-12-14-24-40(33)49-44(52)47-29-32-15-5-2-6-16-32/h2-24,37-38,41-42,46H,25-31H2,1H3,(H,48,51)(H,53,54)(H2,47,49,52)/t37-,38-,42+/m1/s1. The molecule has 1 fully saturated rings. The van der Waals surface area contributed by atoms with Gasteiger partial charge in [-0.15, -0.1) is 0 Å². The molecule has 3 atom stereocenters. The first-order valence-electron chi connectivity index (χ1n) is 18.8. The zero-order valence-electron chi connectivity index (χ0n) is 31.1. The highest BCUT2D eigenvalue weighted by atomic mass is 16.5. The third-order valence-corrected chi connectivity index (χ3v) is 10.1. The Balaban J connectivity index is 1.03. The summed E-state index contributed by atoms with van der Waals surface area (Å²) in [6.45, 7) is 1.72. The molecule has 0 saturated carbocycles. The van der Waals surface area contributed by atoms with E-state index in [-0.39, 0.29) is 18.2 Å². The van der Waals surface area contributed by atoms with Crippen molar-refractivity contribution in [3.05, 3.63) is 167 Å². The summed E-state index contributed by atoms with van der Waals surface area (Å²) in [4.78, 5) is 40.3. The third-order valence-electron chi connectivity index (χ3n) is 10.1. The number of benzene rings is 5. The number of aryl methyl sites for hydroxylation is 2. The van der Waals surface area contributed by atoms with Gasteiger partial charge in [0.25, 0.3) is 0 Å². The Bertz CT molecular complexity index is 1950. The van der Waals surface area contributed by atoms with E-state index in [4.69, 9.17) is 4.74 Å². The van der Waals surface area contributed by atoms with Gasteiger partial charge in [-0.05, 0) is 65.6 Å². The fourth-order valence-corrected chi connectivity index (χ4v) is 7.10. The second-order valence-corrected chi connectivity index (χ2v) is 13.9. The van der Waals surface area contributed by atoms with E-state index < -0.39 is 24.0 Å². The Hall–Kier alpha value is -5.97. The maximum Gasteiger partial charge on any atom is 0.407 e. The zero-order valence-corrected chi connectivity index (χ0v) is 31.1. The first-order valence-corrected chi connectivity index (χ1v) is 18.8. The summed E-state index contributed by atoms with van der Waals surface area (Å²) in [5.74, 6) is -0.933. The van der Waals surface area contributed by atoms with Gasteiger partial charge in [-0.25, -0.2) is 9.59 Å². The molecule has 0 aromatic heterocycles. The number of morpholine rings is 1. The number of rotatable bonds is 15. The lowest BCUT2D eigenvalue weighted by Gasteiger charge is -2.33. The van der Waals surface area contributed by atoms with Crippen molar-refractivity contribution in [3.8, 4) is 0 Å². The van der Waals surface area contributed by atoms with Crippen molar-refractivity contribution in [2.45, 2.75) is 56.3 Å². The zero-order chi connectivity index (χ0) is 38.4. The summed E-state index contributed by atoms with van der Waals surface area (Å²) >= 11 is 0. The number of hydrogen-bond acceptors (Lipinski definition) is 5. The van der Waals surface area contributed by atoms with Crippen LogP contribution >= 0.6 is 0 Å². The molecule has 284 valence electrons. The number of para-hydroxylation sites is 2. The Morgan fingerprint density at radius 1 is 0.727 bits per heavy atom. The number of nitrogens with zero attached hydrogens (tertiary/aromatic N) is 1. The molecule has 5 aromatic carbocycles. The molecule has 1 aliphatic rings. The molecular weight excluding hydrogens is 691 g/mol. The van der Waals surface area contributed by atoms with E-state index in [0.29, 0.717) is 31.8 Å². The van der Waals surface area contributed by atoms with Crippen LogP contribution in [0.1, 0.15) is 46.6 Å². The molecule has 1 heterocycles. The van der Waals surface area contributed by atoms with Crippen LogP contribution in [0.2, 0.25) is 0 Å². The van der Waals surface area contributed by atoms with E-state index in [9.17, 15) is 19.5 Å². The lowest BCUT2D eigenvalue weighted by Crippen LogP contribution is -2.48. The molecule has 5 aromatic rings. The van der Waals surface area contributed by atoms with Crippen LogP contribution in [-0.2, 0) is 28.9 Å². The van der Waals surface area contributed by atoms with Crippen LogP contribution in [0.15, 0.2) is 140 Å². The highest BCUT2D eigenvalue weighted by Crippen LogP contribution is 2.32. The summed E-state index contributed by atoms with van der Waals surface area (Å²) in [7, 11) is 1.44. The van der Waals surface area contributed by atoms with Gasteiger partial charge >= 0.3 is 12.1 Å². The average Bonchev–Trinajstić information content (AvgIpc) is 3.22. The average molecular weight is 740 g/mol. The van der Waals surface area contributed by atoms with Gasteiger partial charge in [-0.2, -0.15) is 0 Å². The summed E-state index contributed by atoms with van der Waals surface area (Å²) in [5.41, 5.74) is 6.19. The second kappa shape index (κ2) is 19.4. The Kier molecular flexibility index (Phi) is 13.7. The minimum absolute atomic E-state index is 0.00583. The van der Waals surface area contributed by atoms with Gasteiger partial charge in [-0.3, -0.25) is 9.69 Å². The normalized spacial score (nSPS) is 15.8. The topological polar surface area (TPSA) is 132 Å². The van der Waals surface area contributed by atoms with Gasteiger partial charge in [-0.1, -0.05) is 127 Å². The molecule has 0 bridgehead atoms. The van der Waals surface area contributed by atoms with Crippen LogP contribution in [0.4, 0.5) is 21.0 Å². The predicted molar refractivity (Wildman–Crippen MR) is 216 cm³/mol. The number of carboxylic acid groups (broad SMARTS) is 1. The second-order valence-electron chi connectivity index (χ2n) is 13.9. The van der Waals surface area contributed by atoms with Crippen molar-refractivity contribution in [1.82, 2.24) is 15.5 Å². The lowest BCUT2D eigenvalue weighted by atomic mass is 9.84. The number of ether oxygens (including phenoxy) is 1. The molecule has 0 aliphatic carbocycles. The highest BCUT2D eigenvalue weighted by Gasteiger charge is 2.37. The van der Waals surface area contributed by atoms with Gasteiger partial charge in [0, 0.05) is 43.5 Å². The van der Waals surface area contributed by atoms with E-state index in [0.717, 1.165) is 57.7 Å². The molecule has 1 saturated heterocycles. The third kappa shape index (κ3) is 10.8. The number of hydrogen-bond donors (Lipinski definition) is 5. The monoisotopic (exact) mass is 739 g/mol. The largest absolute Gasteiger partial charge is 0.465 e.